The predicted molar refractivity (Wildman–Crippen MR) is 86.8 cm³/mol. The summed E-state index contributed by atoms with van der Waals surface area (Å²) in [7, 11) is 0. The molecule has 2 nitrogen and oxygen atoms in total. The van der Waals surface area contributed by atoms with E-state index < -0.39 is 0 Å². The quantitative estimate of drug-likeness (QED) is 0.842. The molecule has 20 heavy (non-hydrogen) atoms. The number of rotatable bonds is 4. The van der Waals surface area contributed by atoms with Gasteiger partial charge in [-0.05, 0) is 17.4 Å². The Hall–Kier alpha value is -1.12. The molecule has 2 unspecified atom stereocenters. The van der Waals surface area contributed by atoms with E-state index in [1.54, 1.807) is 0 Å². The lowest BCUT2D eigenvalue weighted by Crippen LogP contribution is -2.57. The van der Waals surface area contributed by atoms with Gasteiger partial charge in [-0.2, -0.15) is 0 Å². The van der Waals surface area contributed by atoms with E-state index >= 15 is 0 Å². The Kier molecular flexibility index (Phi) is 5.00. The average molecular weight is 272 g/mol. The van der Waals surface area contributed by atoms with Gasteiger partial charge in [0, 0.05) is 31.7 Å². The summed E-state index contributed by atoms with van der Waals surface area (Å²) in [4.78, 5) is 2.61. The Morgan fingerprint density at radius 3 is 2.60 bits per heavy atom. The maximum absolute atomic E-state index is 3.87. The lowest BCUT2D eigenvalue weighted by atomic mass is 9.84. The topological polar surface area (TPSA) is 15.3 Å². The molecule has 1 N–H and O–H groups in total. The highest BCUT2D eigenvalue weighted by Crippen LogP contribution is 2.29. The molecule has 1 fully saturated rings. The summed E-state index contributed by atoms with van der Waals surface area (Å²) in [6.07, 6.45) is 3.08. The normalized spacial score (nSPS) is 24.6. The molecule has 2 atom stereocenters. The molecule has 1 aromatic carbocycles. The van der Waals surface area contributed by atoms with Gasteiger partial charge >= 0.3 is 0 Å². The molecule has 0 aliphatic carbocycles. The molecule has 2 heteroatoms. The van der Waals surface area contributed by atoms with Gasteiger partial charge in [-0.15, -0.1) is 6.58 Å². The highest BCUT2D eigenvalue weighted by atomic mass is 15.2. The molecule has 0 aromatic heterocycles. The largest absolute Gasteiger partial charge is 0.310 e. The Balaban J connectivity index is 2.13. The van der Waals surface area contributed by atoms with E-state index in [9.17, 15) is 0 Å². The molecular formula is C18H28N2. The van der Waals surface area contributed by atoms with Gasteiger partial charge in [0.25, 0.3) is 0 Å². The maximum atomic E-state index is 3.87. The minimum atomic E-state index is 0.300. The second kappa shape index (κ2) is 6.55. The molecular weight excluding hydrogens is 244 g/mol. The number of nitrogens with one attached hydrogen (secondary N) is 1. The Morgan fingerprint density at radius 1 is 1.30 bits per heavy atom. The fourth-order valence-corrected chi connectivity index (χ4v) is 2.90. The summed E-state index contributed by atoms with van der Waals surface area (Å²) < 4.78 is 0. The Labute approximate surface area is 123 Å². The minimum Gasteiger partial charge on any atom is -0.310 e. The van der Waals surface area contributed by atoms with E-state index in [2.05, 4.69) is 67.9 Å². The van der Waals surface area contributed by atoms with Crippen molar-refractivity contribution in [2.45, 2.75) is 39.3 Å². The zero-order chi connectivity index (χ0) is 14.6. The number of piperazine rings is 1. The van der Waals surface area contributed by atoms with Crippen molar-refractivity contribution in [3.05, 3.63) is 48.6 Å². The molecule has 1 aliphatic heterocycles. The van der Waals surface area contributed by atoms with Gasteiger partial charge in [0.2, 0.25) is 0 Å². The molecule has 0 spiro atoms. The molecule has 0 bridgehead atoms. The fraction of sp³-hybridized carbons (Fsp3) is 0.556. The summed E-state index contributed by atoms with van der Waals surface area (Å²) in [5, 5.41) is 3.75. The van der Waals surface area contributed by atoms with Crippen LogP contribution in [0.3, 0.4) is 0 Å². The van der Waals surface area contributed by atoms with Gasteiger partial charge < -0.3 is 5.32 Å². The lowest BCUT2D eigenvalue weighted by molar-refractivity contribution is 0.0870. The van der Waals surface area contributed by atoms with Gasteiger partial charge in [0.05, 0.1) is 0 Å². The zero-order valence-electron chi connectivity index (χ0n) is 13.1. The first-order valence-electron chi connectivity index (χ1n) is 7.65. The second-order valence-corrected chi connectivity index (χ2v) is 6.83. The standard InChI is InChI=1S/C18H28N2/c1-5-6-12-20-14-17(18(2,3)4)19-13-16(20)15-10-8-7-9-11-15/h5,7-11,16-17,19H,1,6,12-14H2,2-4H3. The summed E-state index contributed by atoms with van der Waals surface area (Å²) in [6, 6.07) is 11.9. The van der Waals surface area contributed by atoms with Crippen molar-refractivity contribution in [1.82, 2.24) is 10.2 Å². The van der Waals surface area contributed by atoms with Crippen LogP contribution in [0, 0.1) is 5.41 Å². The van der Waals surface area contributed by atoms with Crippen molar-refractivity contribution in [3.63, 3.8) is 0 Å². The van der Waals surface area contributed by atoms with E-state index in [4.69, 9.17) is 0 Å². The van der Waals surface area contributed by atoms with Crippen molar-refractivity contribution >= 4 is 0 Å². The lowest BCUT2D eigenvalue weighted by Gasteiger charge is -2.45. The van der Waals surface area contributed by atoms with Gasteiger partial charge in [-0.1, -0.05) is 57.2 Å². The van der Waals surface area contributed by atoms with Crippen LogP contribution in [0.4, 0.5) is 0 Å². The summed E-state index contributed by atoms with van der Waals surface area (Å²) in [5.74, 6) is 0. The molecule has 1 aliphatic rings. The molecule has 1 heterocycles. The van der Waals surface area contributed by atoms with Crippen LogP contribution in [-0.4, -0.2) is 30.6 Å². The first-order valence-corrected chi connectivity index (χ1v) is 7.65. The van der Waals surface area contributed by atoms with E-state index in [0.717, 1.165) is 26.1 Å². The highest BCUT2D eigenvalue weighted by Gasteiger charge is 2.34. The van der Waals surface area contributed by atoms with Crippen molar-refractivity contribution in [3.8, 4) is 0 Å². The Morgan fingerprint density at radius 2 is 2.00 bits per heavy atom. The summed E-state index contributed by atoms with van der Waals surface area (Å²) in [5.41, 5.74) is 1.71. The van der Waals surface area contributed by atoms with Crippen molar-refractivity contribution in [2.75, 3.05) is 19.6 Å². The smallest absolute Gasteiger partial charge is 0.0473 e. The second-order valence-electron chi connectivity index (χ2n) is 6.83. The highest BCUT2D eigenvalue weighted by molar-refractivity contribution is 5.20. The summed E-state index contributed by atoms with van der Waals surface area (Å²) in [6.45, 7) is 14.1. The molecule has 1 saturated heterocycles. The Bertz CT molecular complexity index is 419. The van der Waals surface area contributed by atoms with E-state index in [1.807, 2.05) is 6.08 Å². The van der Waals surface area contributed by atoms with Crippen LogP contribution < -0.4 is 5.32 Å². The zero-order valence-corrected chi connectivity index (χ0v) is 13.1. The number of hydrogen-bond acceptors (Lipinski definition) is 2. The van der Waals surface area contributed by atoms with Gasteiger partial charge in [0.15, 0.2) is 0 Å². The average Bonchev–Trinajstić information content (AvgIpc) is 2.45. The van der Waals surface area contributed by atoms with E-state index in [-0.39, 0.29) is 0 Å². The maximum Gasteiger partial charge on any atom is 0.0473 e. The molecule has 0 saturated carbocycles. The number of hydrogen-bond donors (Lipinski definition) is 1. The predicted octanol–water partition coefficient (Wildman–Crippen LogP) is 3.62. The van der Waals surface area contributed by atoms with Crippen LogP contribution in [0.25, 0.3) is 0 Å². The summed E-state index contributed by atoms with van der Waals surface area (Å²) >= 11 is 0. The molecule has 0 amide bonds. The van der Waals surface area contributed by atoms with Crippen molar-refractivity contribution in [1.29, 1.82) is 0 Å². The molecule has 0 radical (unpaired) electrons. The first kappa shape index (κ1) is 15.3. The van der Waals surface area contributed by atoms with Crippen LogP contribution in [0.15, 0.2) is 43.0 Å². The van der Waals surface area contributed by atoms with Crippen LogP contribution in [0.5, 0.6) is 0 Å². The minimum absolute atomic E-state index is 0.300. The van der Waals surface area contributed by atoms with Crippen molar-refractivity contribution in [2.24, 2.45) is 5.41 Å². The fourth-order valence-electron chi connectivity index (χ4n) is 2.90. The van der Waals surface area contributed by atoms with Crippen LogP contribution >= 0.6 is 0 Å². The van der Waals surface area contributed by atoms with E-state index in [0.29, 0.717) is 17.5 Å². The third-order valence-corrected chi connectivity index (χ3v) is 4.27. The first-order chi connectivity index (χ1) is 9.52. The number of benzene rings is 1. The van der Waals surface area contributed by atoms with Gasteiger partial charge in [-0.3, -0.25) is 4.90 Å². The van der Waals surface area contributed by atoms with Crippen LogP contribution in [-0.2, 0) is 0 Å². The molecule has 1 aromatic rings. The molecule has 2 rings (SSSR count). The number of nitrogens with zero attached hydrogens (tertiary/aromatic N) is 1. The third-order valence-electron chi connectivity index (χ3n) is 4.27. The van der Waals surface area contributed by atoms with Crippen LogP contribution in [0.2, 0.25) is 0 Å². The SMILES string of the molecule is C=CCCN1CC(C(C)(C)C)NCC1c1ccccc1. The van der Waals surface area contributed by atoms with E-state index in [1.165, 1.54) is 5.56 Å². The molecule has 110 valence electrons. The monoisotopic (exact) mass is 272 g/mol. The van der Waals surface area contributed by atoms with Gasteiger partial charge in [-0.25, -0.2) is 0 Å². The van der Waals surface area contributed by atoms with Crippen molar-refractivity contribution < 1.29 is 0 Å². The van der Waals surface area contributed by atoms with Crippen LogP contribution in [0.1, 0.15) is 38.8 Å². The van der Waals surface area contributed by atoms with Gasteiger partial charge in [0.1, 0.15) is 0 Å². The third kappa shape index (κ3) is 3.71.